The average Bonchev–Trinajstić information content (AvgIpc) is 3.31. The fourth-order valence-corrected chi connectivity index (χ4v) is 4.66. The summed E-state index contributed by atoms with van der Waals surface area (Å²) in [7, 11) is 0. The molecule has 0 unspecified atom stereocenters. The van der Waals surface area contributed by atoms with E-state index < -0.39 is 23.8 Å². The molecule has 0 aliphatic heterocycles. The van der Waals surface area contributed by atoms with Crippen LogP contribution in [0.4, 0.5) is 0 Å². The average molecular weight is 521 g/mol. The number of carbonyl (C=O) groups excluding carboxylic acids is 2. The van der Waals surface area contributed by atoms with Crippen molar-refractivity contribution in [2.75, 3.05) is 6.54 Å². The zero-order valence-corrected chi connectivity index (χ0v) is 20.2. The van der Waals surface area contributed by atoms with Gasteiger partial charge in [0.25, 0.3) is 11.8 Å². The number of hydrogen-bond acceptors (Lipinski definition) is 5. The molecule has 3 rings (SSSR count). The SMILES string of the molecule is O=C(NC[C@H](NC(=O)c1c(Cl)cc(CCCc2cccc(O)c2)cc1Cl)C(=O)O)c1cccs1. The zero-order valence-electron chi connectivity index (χ0n) is 17.9. The van der Waals surface area contributed by atoms with Gasteiger partial charge in [-0.05, 0) is 66.1 Å². The Morgan fingerprint density at radius 3 is 2.26 bits per heavy atom. The molecule has 4 N–H and O–H groups in total. The molecule has 10 heteroatoms. The van der Waals surface area contributed by atoms with Crippen LogP contribution in [0, 0.1) is 0 Å². The molecule has 0 bridgehead atoms. The molecular formula is C24H22Cl2N2O5S. The molecule has 3 aromatic rings. The Kier molecular flexibility index (Phi) is 8.92. The van der Waals surface area contributed by atoms with Gasteiger partial charge in [0.1, 0.15) is 11.8 Å². The highest BCUT2D eigenvalue weighted by Gasteiger charge is 2.24. The van der Waals surface area contributed by atoms with E-state index in [-0.39, 0.29) is 27.9 Å². The van der Waals surface area contributed by atoms with Crippen LogP contribution in [0.3, 0.4) is 0 Å². The molecule has 0 saturated heterocycles. The Hall–Kier alpha value is -3.07. The van der Waals surface area contributed by atoms with Crippen LogP contribution >= 0.6 is 34.5 Å². The summed E-state index contributed by atoms with van der Waals surface area (Å²) in [4.78, 5) is 36.8. The van der Waals surface area contributed by atoms with Crippen molar-refractivity contribution in [3.05, 3.63) is 85.5 Å². The number of carbonyl (C=O) groups is 3. The Bertz CT molecular complexity index is 1160. The second-order valence-corrected chi connectivity index (χ2v) is 9.27. The number of aliphatic carboxylic acids is 1. The smallest absolute Gasteiger partial charge is 0.328 e. The molecule has 0 radical (unpaired) electrons. The lowest BCUT2D eigenvalue weighted by atomic mass is 10.0. The van der Waals surface area contributed by atoms with E-state index in [9.17, 15) is 24.6 Å². The number of thiophene rings is 1. The molecule has 0 saturated carbocycles. The minimum absolute atomic E-state index is 0.0316. The minimum atomic E-state index is -1.37. The number of carboxylic acid groups (broad SMARTS) is 1. The zero-order chi connectivity index (χ0) is 24.7. The van der Waals surface area contributed by atoms with Gasteiger partial charge >= 0.3 is 5.97 Å². The topological polar surface area (TPSA) is 116 Å². The summed E-state index contributed by atoms with van der Waals surface area (Å²) in [6.07, 6.45) is 2.15. The summed E-state index contributed by atoms with van der Waals surface area (Å²) >= 11 is 13.8. The summed E-state index contributed by atoms with van der Waals surface area (Å²) < 4.78 is 0. The summed E-state index contributed by atoms with van der Waals surface area (Å²) in [6, 6.07) is 12.2. The molecule has 2 aromatic carbocycles. The molecule has 7 nitrogen and oxygen atoms in total. The third-order valence-corrected chi connectivity index (χ3v) is 6.45. The van der Waals surface area contributed by atoms with Gasteiger partial charge in [0, 0.05) is 6.54 Å². The van der Waals surface area contributed by atoms with E-state index in [1.165, 1.54) is 11.3 Å². The van der Waals surface area contributed by atoms with E-state index in [2.05, 4.69) is 10.6 Å². The summed E-state index contributed by atoms with van der Waals surface area (Å²) in [6.45, 7) is -0.305. The van der Waals surface area contributed by atoms with Crippen molar-refractivity contribution in [1.82, 2.24) is 10.6 Å². The van der Waals surface area contributed by atoms with Crippen molar-refractivity contribution in [3.63, 3.8) is 0 Å². The van der Waals surface area contributed by atoms with E-state index in [0.717, 1.165) is 24.0 Å². The predicted octanol–water partition coefficient (Wildman–Crippen LogP) is 4.55. The highest BCUT2D eigenvalue weighted by Crippen LogP contribution is 2.28. The van der Waals surface area contributed by atoms with Crippen LogP contribution in [0.5, 0.6) is 5.75 Å². The van der Waals surface area contributed by atoms with E-state index in [1.54, 1.807) is 47.8 Å². The van der Waals surface area contributed by atoms with Crippen molar-refractivity contribution >= 4 is 52.3 Å². The molecule has 0 aliphatic rings. The van der Waals surface area contributed by atoms with E-state index in [0.29, 0.717) is 11.3 Å². The van der Waals surface area contributed by atoms with Gasteiger partial charge in [-0.3, -0.25) is 9.59 Å². The molecule has 0 spiro atoms. The Labute approximate surface area is 210 Å². The van der Waals surface area contributed by atoms with E-state index in [1.807, 2.05) is 6.07 Å². The number of rotatable bonds is 10. The molecule has 178 valence electrons. The maximum atomic E-state index is 12.7. The lowest BCUT2D eigenvalue weighted by Crippen LogP contribution is -2.48. The maximum absolute atomic E-state index is 12.7. The van der Waals surface area contributed by atoms with Gasteiger partial charge in [-0.15, -0.1) is 11.3 Å². The highest BCUT2D eigenvalue weighted by molar-refractivity contribution is 7.12. The first-order chi connectivity index (χ1) is 16.2. The van der Waals surface area contributed by atoms with Gasteiger partial charge in [-0.25, -0.2) is 4.79 Å². The van der Waals surface area contributed by atoms with Crippen LogP contribution in [0.1, 0.15) is 37.6 Å². The quantitative estimate of drug-likeness (QED) is 0.313. The Morgan fingerprint density at radius 1 is 0.941 bits per heavy atom. The lowest BCUT2D eigenvalue weighted by Gasteiger charge is -2.17. The van der Waals surface area contributed by atoms with Crippen LogP contribution < -0.4 is 10.6 Å². The summed E-state index contributed by atoms with van der Waals surface area (Å²) in [5.41, 5.74) is 1.79. The standard InChI is InChI=1S/C24H22Cl2N2O5S/c25-17-11-15(6-1-4-14-5-2-7-16(29)10-14)12-18(26)21(17)23(31)28-19(24(32)33)13-27-22(30)20-8-3-9-34-20/h2-3,5,7-12,19,29H,1,4,6,13H2,(H,27,30)(H,28,31)(H,32,33)/t19-/m0/s1. The first kappa shape index (κ1) is 25.6. The first-order valence-electron chi connectivity index (χ1n) is 10.4. The molecule has 1 atom stereocenters. The number of carboxylic acids is 1. The number of benzene rings is 2. The summed E-state index contributed by atoms with van der Waals surface area (Å²) in [5, 5.41) is 25.8. The normalized spacial score (nSPS) is 11.6. The van der Waals surface area contributed by atoms with Gasteiger partial charge in [-0.1, -0.05) is 41.4 Å². The number of phenols is 1. The van der Waals surface area contributed by atoms with Crippen LogP contribution in [-0.2, 0) is 17.6 Å². The molecule has 34 heavy (non-hydrogen) atoms. The van der Waals surface area contributed by atoms with Gasteiger partial charge < -0.3 is 20.8 Å². The fourth-order valence-electron chi connectivity index (χ4n) is 3.32. The molecule has 2 amide bonds. The number of phenolic OH excluding ortho intramolecular Hbond substituents is 1. The number of nitrogens with one attached hydrogen (secondary N) is 2. The van der Waals surface area contributed by atoms with Crippen LogP contribution in [0.2, 0.25) is 10.0 Å². The second-order valence-electron chi connectivity index (χ2n) is 7.51. The van der Waals surface area contributed by atoms with Crippen molar-refractivity contribution in [3.8, 4) is 5.75 Å². The number of halogens is 2. The van der Waals surface area contributed by atoms with Crippen molar-refractivity contribution < 1.29 is 24.6 Å². The minimum Gasteiger partial charge on any atom is -0.508 e. The number of amides is 2. The molecule has 1 heterocycles. The van der Waals surface area contributed by atoms with Gasteiger partial charge in [0.2, 0.25) is 0 Å². The molecule has 0 aliphatic carbocycles. The van der Waals surface area contributed by atoms with Crippen molar-refractivity contribution in [2.24, 2.45) is 0 Å². The van der Waals surface area contributed by atoms with Crippen LogP contribution in [0.15, 0.2) is 53.9 Å². The molecule has 0 fully saturated rings. The monoisotopic (exact) mass is 520 g/mol. The second kappa shape index (κ2) is 11.9. The first-order valence-corrected chi connectivity index (χ1v) is 12.0. The van der Waals surface area contributed by atoms with Crippen molar-refractivity contribution in [2.45, 2.75) is 25.3 Å². The summed E-state index contributed by atoms with van der Waals surface area (Å²) in [5.74, 6) is -2.28. The molecular weight excluding hydrogens is 499 g/mol. The van der Waals surface area contributed by atoms with Gasteiger partial charge in [0.05, 0.1) is 20.5 Å². The Morgan fingerprint density at radius 2 is 1.65 bits per heavy atom. The number of aromatic hydroxyl groups is 1. The molecule has 1 aromatic heterocycles. The fraction of sp³-hybridized carbons (Fsp3) is 0.208. The lowest BCUT2D eigenvalue weighted by molar-refractivity contribution is -0.139. The number of hydrogen-bond donors (Lipinski definition) is 4. The van der Waals surface area contributed by atoms with Gasteiger partial charge in [0.15, 0.2) is 0 Å². The van der Waals surface area contributed by atoms with Crippen LogP contribution in [-0.4, -0.2) is 40.6 Å². The van der Waals surface area contributed by atoms with Gasteiger partial charge in [-0.2, -0.15) is 0 Å². The van der Waals surface area contributed by atoms with Crippen molar-refractivity contribution in [1.29, 1.82) is 0 Å². The van der Waals surface area contributed by atoms with E-state index >= 15 is 0 Å². The number of aryl methyl sites for hydroxylation is 2. The van der Waals surface area contributed by atoms with Crippen LogP contribution in [0.25, 0.3) is 0 Å². The third-order valence-electron chi connectivity index (χ3n) is 4.99. The maximum Gasteiger partial charge on any atom is 0.328 e. The largest absolute Gasteiger partial charge is 0.508 e. The predicted molar refractivity (Wildman–Crippen MR) is 132 cm³/mol. The van der Waals surface area contributed by atoms with E-state index in [4.69, 9.17) is 23.2 Å². The third kappa shape index (κ3) is 6.96. The highest BCUT2D eigenvalue weighted by atomic mass is 35.5. The Balaban J connectivity index is 1.61.